The van der Waals surface area contributed by atoms with Gasteiger partial charge in [0, 0.05) is 29.2 Å². The van der Waals surface area contributed by atoms with Gasteiger partial charge < -0.3 is 14.7 Å². The lowest BCUT2D eigenvalue weighted by Gasteiger charge is -2.32. The molecule has 2 aromatic heterocycles. The molecule has 0 amide bonds. The Kier molecular flexibility index (Phi) is 10.7. The maximum atomic E-state index is 13.0. The van der Waals surface area contributed by atoms with Crippen molar-refractivity contribution in [3.8, 4) is 0 Å². The predicted molar refractivity (Wildman–Crippen MR) is 123 cm³/mol. The quantitative estimate of drug-likeness (QED) is 0.485. The Balaban J connectivity index is 0.000000914. The van der Waals surface area contributed by atoms with E-state index in [2.05, 4.69) is 24.8 Å². The molecule has 33 heavy (non-hydrogen) atoms. The summed E-state index contributed by atoms with van der Waals surface area (Å²) in [5.41, 5.74) is 2.44. The highest BCUT2D eigenvalue weighted by atomic mass is 35.5. The van der Waals surface area contributed by atoms with Crippen LogP contribution in [0.5, 0.6) is 0 Å². The minimum atomic E-state index is -2.49. The van der Waals surface area contributed by atoms with E-state index >= 15 is 0 Å². The number of benzene rings is 1. The Labute approximate surface area is 196 Å². The van der Waals surface area contributed by atoms with Gasteiger partial charge in [0.15, 0.2) is 5.65 Å². The molecule has 1 saturated carbocycles. The van der Waals surface area contributed by atoms with Gasteiger partial charge in [-0.1, -0.05) is 17.7 Å². The molecule has 0 bridgehead atoms. The molecular weight excluding hydrogens is 455 g/mol. The van der Waals surface area contributed by atoms with Crippen LogP contribution in [-0.2, 0) is 11.3 Å². The second-order valence-corrected chi connectivity index (χ2v) is 8.22. The van der Waals surface area contributed by atoms with E-state index in [9.17, 15) is 13.2 Å². The van der Waals surface area contributed by atoms with Crippen LogP contribution in [0.3, 0.4) is 0 Å². The Morgan fingerprint density at radius 3 is 2.55 bits per heavy atom. The first kappa shape index (κ1) is 26.7. The molecule has 10 heteroatoms. The highest BCUT2D eigenvalue weighted by Crippen LogP contribution is 2.31. The van der Waals surface area contributed by atoms with E-state index < -0.39 is 6.43 Å². The van der Waals surface area contributed by atoms with Crippen molar-refractivity contribution in [2.75, 3.05) is 7.18 Å². The normalized spacial score (nSPS) is 18.8. The summed E-state index contributed by atoms with van der Waals surface area (Å²) in [6.45, 7) is 4.89. The minimum absolute atomic E-state index is 0.0122. The summed E-state index contributed by atoms with van der Waals surface area (Å²) in [7, 11) is 0.500. The van der Waals surface area contributed by atoms with Crippen molar-refractivity contribution in [3.63, 3.8) is 0 Å². The average molecular weight is 484 g/mol. The summed E-state index contributed by atoms with van der Waals surface area (Å²) in [6.07, 6.45) is 6.92. The van der Waals surface area contributed by atoms with Crippen LogP contribution in [0, 0.1) is 5.92 Å². The van der Waals surface area contributed by atoms with Crippen LogP contribution < -0.4 is 5.32 Å². The zero-order valence-electron chi connectivity index (χ0n) is 18.7. The highest BCUT2D eigenvalue weighted by Gasteiger charge is 2.24. The Morgan fingerprint density at radius 1 is 1.18 bits per heavy atom. The lowest BCUT2D eigenvalue weighted by atomic mass is 9.85. The summed E-state index contributed by atoms with van der Waals surface area (Å²) in [4.78, 5) is 20.7. The molecule has 1 aromatic carbocycles. The molecule has 180 valence electrons. The van der Waals surface area contributed by atoms with Crippen molar-refractivity contribution in [1.82, 2.24) is 24.8 Å². The van der Waals surface area contributed by atoms with Gasteiger partial charge in [0.25, 0.3) is 6.43 Å². The topological polar surface area (TPSA) is 72.7 Å². The first-order valence-electron chi connectivity index (χ1n) is 10.6. The molecule has 2 heterocycles. The third-order valence-electron chi connectivity index (χ3n) is 5.81. The smallest absolute Gasteiger partial charge is 0.263 e. The van der Waals surface area contributed by atoms with Crippen molar-refractivity contribution < 1.29 is 18.0 Å². The van der Waals surface area contributed by atoms with Crippen molar-refractivity contribution in [3.05, 3.63) is 53.2 Å². The second kappa shape index (κ2) is 13.3. The van der Waals surface area contributed by atoms with E-state index in [0.29, 0.717) is 24.2 Å². The molecule has 1 unspecified atom stereocenters. The lowest BCUT2D eigenvalue weighted by Crippen LogP contribution is -2.35. The molecule has 1 aliphatic rings. The number of alkyl halides is 3. The zero-order valence-corrected chi connectivity index (χ0v) is 19.5. The third kappa shape index (κ3) is 6.98. The number of halogens is 4. The monoisotopic (exact) mass is 483 g/mol. The van der Waals surface area contributed by atoms with E-state index in [1.807, 2.05) is 20.0 Å². The number of hydrogen-bond acceptors (Lipinski definition) is 5. The van der Waals surface area contributed by atoms with Gasteiger partial charge in [-0.2, -0.15) is 0 Å². The van der Waals surface area contributed by atoms with Crippen molar-refractivity contribution in [1.29, 1.82) is 0 Å². The van der Waals surface area contributed by atoms with Crippen molar-refractivity contribution in [2.45, 2.75) is 57.7 Å². The van der Waals surface area contributed by atoms with Gasteiger partial charge >= 0.3 is 0 Å². The number of fused-ring (bicyclic) bond motifs is 1. The van der Waals surface area contributed by atoms with Gasteiger partial charge in [-0.05, 0) is 56.2 Å². The Hall–Kier alpha value is -2.52. The van der Waals surface area contributed by atoms with Crippen LogP contribution in [0.4, 0.5) is 13.2 Å². The SMILES string of the molecule is C=O.CC(NC1CCC(Cn2cnc3cncnc32)CC1)c1cc(C(F)F)ccc1Cl.CF. The number of carbonyl (C=O) groups excluding carboxylic acids is 1. The first-order valence-corrected chi connectivity index (χ1v) is 11.0. The summed E-state index contributed by atoms with van der Waals surface area (Å²) in [5.74, 6) is 0.571. The molecular formula is C23H29ClF3N5O. The van der Waals surface area contributed by atoms with Crippen LogP contribution in [-0.4, -0.2) is 39.5 Å². The summed E-state index contributed by atoms with van der Waals surface area (Å²) >= 11 is 6.26. The number of nitrogens with zero attached hydrogens (tertiary/aromatic N) is 4. The molecule has 0 spiro atoms. The molecule has 3 aromatic rings. The second-order valence-electron chi connectivity index (χ2n) is 7.82. The number of aromatic nitrogens is 4. The number of nitrogens with one attached hydrogen (secondary N) is 1. The van der Waals surface area contributed by atoms with Gasteiger partial charge in [0.05, 0.1) is 19.7 Å². The van der Waals surface area contributed by atoms with Gasteiger partial charge in [-0.3, -0.25) is 4.39 Å². The van der Waals surface area contributed by atoms with Gasteiger partial charge in [-0.15, -0.1) is 0 Å². The van der Waals surface area contributed by atoms with Crippen LogP contribution in [0.1, 0.15) is 56.2 Å². The molecule has 1 atom stereocenters. The van der Waals surface area contributed by atoms with Gasteiger partial charge in [0.1, 0.15) is 18.6 Å². The van der Waals surface area contributed by atoms with Crippen molar-refractivity contribution >= 4 is 29.6 Å². The third-order valence-corrected chi connectivity index (χ3v) is 6.15. The maximum absolute atomic E-state index is 13.0. The zero-order chi connectivity index (χ0) is 24.4. The van der Waals surface area contributed by atoms with E-state index in [1.165, 1.54) is 12.1 Å². The Bertz CT molecular complexity index is 995. The predicted octanol–water partition coefficient (Wildman–Crippen LogP) is 5.73. The van der Waals surface area contributed by atoms with E-state index in [0.717, 1.165) is 49.0 Å². The van der Waals surface area contributed by atoms with Crippen LogP contribution >= 0.6 is 11.6 Å². The first-order chi connectivity index (χ1) is 16.0. The summed E-state index contributed by atoms with van der Waals surface area (Å²) in [6, 6.07) is 4.75. The molecule has 1 N–H and O–H groups in total. The highest BCUT2D eigenvalue weighted by molar-refractivity contribution is 6.31. The van der Waals surface area contributed by atoms with E-state index in [1.54, 1.807) is 18.6 Å². The maximum Gasteiger partial charge on any atom is 0.263 e. The van der Waals surface area contributed by atoms with Crippen LogP contribution in [0.15, 0.2) is 37.1 Å². The molecule has 1 fully saturated rings. The largest absolute Gasteiger partial charge is 0.315 e. The van der Waals surface area contributed by atoms with Gasteiger partial charge in [-0.25, -0.2) is 23.7 Å². The molecule has 1 aliphatic carbocycles. The fraction of sp³-hybridized carbons (Fsp3) is 0.478. The fourth-order valence-corrected chi connectivity index (χ4v) is 4.49. The standard InChI is InChI=1S/C21H24ClF2N5.CH3F.CH2O/c1-13(17-8-15(20(23)24)4-7-18(17)22)28-16-5-2-14(3-6-16)10-29-12-27-19-9-25-11-26-21(19)29;2*1-2/h4,7-9,11-14,16,20,28H,2-3,5-6,10H2,1H3;1H3;1H2. The minimum Gasteiger partial charge on any atom is -0.315 e. The van der Waals surface area contributed by atoms with Crippen LogP contribution in [0.25, 0.3) is 11.2 Å². The Morgan fingerprint density at radius 2 is 1.88 bits per heavy atom. The number of carbonyl (C=O) groups is 1. The van der Waals surface area contributed by atoms with Crippen molar-refractivity contribution in [2.24, 2.45) is 5.92 Å². The number of rotatable bonds is 6. The molecule has 0 saturated heterocycles. The van der Waals surface area contributed by atoms with E-state index in [-0.39, 0.29) is 11.6 Å². The molecule has 0 aliphatic heterocycles. The fourth-order valence-electron chi connectivity index (χ4n) is 4.21. The molecule has 6 nitrogen and oxygen atoms in total. The lowest BCUT2D eigenvalue weighted by molar-refractivity contribution is -0.0980. The summed E-state index contributed by atoms with van der Waals surface area (Å²) in [5, 5.41) is 4.11. The number of imidazole rings is 1. The molecule has 0 radical (unpaired) electrons. The average Bonchev–Trinajstić information content (AvgIpc) is 3.26. The van der Waals surface area contributed by atoms with E-state index in [4.69, 9.17) is 16.4 Å². The van der Waals surface area contributed by atoms with Crippen LogP contribution in [0.2, 0.25) is 5.02 Å². The van der Waals surface area contributed by atoms with Gasteiger partial charge in [0.2, 0.25) is 0 Å². The summed E-state index contributed by atoms with van der Waals surface area (Å²) < 4.78 is 37.6. The number of hydrogen-bond donors (Lipinski definition) is 1. The molecule has 4 rings (SSSR count).